The van der Waals surface area contributed by atoms with Gasteiger partial charge in [0.15, 0.2) is 0 Å². The fourth-order valence-electron chi connectivity index (χ4n) is 2.64. The second-order valence-electron chi connectivity index (χ2n) is 5.95. The SMILES string of the molecule is CCCCCCC(O)(CCCC)CCCCCC. The zero-order valence-corrected chi connectivity index (χ0v) is 13.1. The highest BCUT2D eigenvalue weighted by Gasteiger charge is 2.24. The molecular weight excluding hydrogens is 220 g/mol. The highest BCUT2D eigenvalue weighted by atomic mass is 16.3. The standard InChI is InChI=1S/C17H36O/c1-4-7-10-12-15-17(18,14-9-6-3)16-13-11-8-5-2/h18H,4-16H2,1-3H3. The van der Waals surface area contributed by atoms with Crippen LogP contribution in [0, 0.1) is 0 Å². The summed E-state index contributed by atoms with van der Waals surface area (Å²) < 4.78 is 0. The van der Waals surface area contributed by atoms with E-state index < -0.39 is 0 Å². The van der Waals surface area contributed by atoms with E-state index in [2.05, 4.69) is 20.8 Å². The molecule has 0 rings (SSSR count). The van der Waals surface area contributed by atoms with Gasteiger partial charge in [0, 0.05) is 0 Å². The maximum atomic E-state index is 10.7. The second-order valence-corrected chi connectivity index (χ2v) is 5.95. The minimum absolute atomic E-state index is 0.350. The first-order chi connectivity index (χ1) is 8.68. The summed E-state index contributed by atoms with van der Waals surface area (Å²) in [5, 5.41) is 10.7. The van der Waals surface area contributed by atoms with Gasteiger partial charge < -0.3 is 5.11 Å². The molecule has 18 heavy (non-hydrogen) atoms. The van der Waals surface area contributed by atoms with E-state index in [1.54, 1.807) is 0 Å². The van der Waals surface area contributed by atoms with Crippen molar-refractivity contribution in [3.63, 3.8) is 0 Å². The third-order valence-corrected chi connectivity index (χ3v) is 3.99. The summed E-state index contributed by atoms with van der Waals surface area (Å²) in [5.74, 6) is 0. The molecule has 0 fully saturated rings. The molecular formula is C17H36O. The van der Waals surface area contributed by atoms with Gasteiger partial charge in [0.2, 0.25) is 0 Å². The molecule has 0 saturated carbocycles. The Bertz CT molecular complexity index is 153. The Balaban J connectivity index is 3.90. The van der Waals surface area contributed by atoms with E-state index in [4.69, 9.17) is 0 Å². The lowest BCUT2D eigenvalue weighted by Crippen LogP contribution is -2.28. The molecule has 0 aromatic carbocycles. The monoisotopic (exact) mass is 256 g/mol. The van der Waals surface area contributed by atoms with Gasteiger partial charge in [0.1, 0.15) is 0 Å². The highest BCUT2D eigenvalue weighted by molar-refractivity contribution is 4.78. The maximum absolute atomic E-state index is 10.7. The minimum atomic E-state index is -0.350. The predicted octanol–water partition coefficient (Wildman–Crippen LogP) is 5.85. The molecule has 0 bridgehead atoms. The van der Waals surface area contributed by atoms with Gasteiger partial charge in [0.05, 0.1) is 5.60 Å². The summed E-state index contributed by atoms with van der Waals surface area (Å²) in [4.78, 5) is 0. The van der Waals surface area contributed by atoms with Crippen LogP contribution in [0.25, 0.3) is 0 Å². The molecule has 0 aromatic rings. The summed E-state index contributed by atoms with van der Waals surface area (Å²) in [5.41, 5.74) is -0.350. The summed E-state index contributed by atoms with van der Waals surface area (Å²) in [7, 11) is 0. The minimum Gasteiger partial charge on any atom is -0.390 e. The third-order valence-electron chi connectivity index (χ3n) is 3.99. The summed E-state index contributed by atoms with van der Waals surface area (Å²) in [6.07, 6.45) is 15.7. The molecule has 1 heteroatoms. The van der Waals surface area contributed by atoms with Gasteiger partial charge in [-0.25, -0.2) is 0 Å². The van der Waals surface area contributed by atoms with Gasteiger partial charge in [-0.2, -0.15) is 0 Å². The van der Waals surface area contributed by atoms with Crippen molar-refractivity contribution in [2.24, 2.45) is 0 Å². The number of unbranched alkanes of at least 4 members (excludes halogenated alkanes) is 7. The van der Waals surface area contributed by atoms with Crippen LogP contribution in [-0.2, 0) is 0 Å². The van der Waals surface area contributed by atoms with E-state index in [1.165, 1.54) is 64.2 Å². The summed E-state index contributed by atoms with van der Waals surface area (Å²) in [6, 6.07) is 0. The summed E-state index contributed by atoms with van der Waals surface area (Å²) in [6.45, 7) is 6.71. The molecule has 0 heterocycles. The van der Waals surface area contributed by atoms with Gasteiger partial charge in [0.25, 0.3) is 0 Å². The Morgan fingerprint density at radius 1 is 0.556 bits per heavy atom. The van der Waals surface area contributed by atoms with Crippen LogP contribution in [0.1, 0.15) is 104 Å². The van der Waals surface area contributed by atoms with Crippen molar-refractivity contribution in [3.8, 4) is 0 Å². The molecule has 0 spiro atoms. The maximum Gasteiger partial charge on any atom is 0.0647 e. The second kappa shape index (κ2) is 12.0. The van der Waals surface area contributed by atoms with Gasteiger partial charge in [-0.1, -0.05) is 85.0 Å². The van der Waals surface area contributed by atoms with Crippen LogP contribution in [0.3, 0.4) is 0 Å². The topological polar surface area (TPSA) is 20.2 Å². The number of hydrogen-bond acceptors (Lipinski definition) is 1. The van der Waals surface area contributed by atoms with Crippen LogP contribution < -0.4 is 0 Å². The Morgan fingerprint density at radius 2 is 0.944 bits per heavy atom. The van der Waals surface area contributed by atoms with Crippen LogP contribution in [0.2, 0.25) is 0 Å². The van der Waals surface area contributed by atoms with E-state index in [-0.39, 0.29) is 5.60 Å². The predicted molar refractivity (Wildman–Crippen MR) is 82.0 cm³/mol. The average molecular weight is 256 g/mol. The van der Waals surface area contributed by atoms with E-state index in [0.717, 1.165) is 19.3 Å². The largest absolute Gasteiger partial charge is 0.390 e. The smallest absolute Gasteiger partial charge is 0.0647 e. The van der Waals surface area contributed by atoms with Crippen molar-refractivity contribution >= 4 is 0 Å². The lowest BCUT2D eigenvalue weighted by atomic mass is 9.85. The van der Waals surface area contributed by atoms with Crippen LogP contribution in [0.15, 0.2) is 0 Å². The molecule has 0 radical (unpaired) electrons. The Hall–Kier alpha value is -0.0400. The van der Waals surface area contributed by atoms with Crippen molar-refractivity contribution < 1.29 is 5.11 Å². The van der Waals surface area contributed by atoms with Crippen molar-refractivity contribution in [1.82, 2.24) is 0 Å². The third kappa shape index (κ3) is 9.94. The van der Waals surface area contributed by atoms with Crippen LogP contribution in [-0.4, -0.2) is 10.7 Å². The zero-order valence-electron chi connectivity index (χ0n) is 13.1. The first-order valence-electron chi connectivity index (χ1n) is 8.41. The molecule has 0 aliphatic rings. The van der Waals surface area contributed by atoms with Crippen LogP contribution >= 0.6 is 0 Å². The Morgan fingerprint density at radius 3 is 1.33 bits per heavy atom. The van der Waals surface area contributed by atoms with Crippen molar-refractivity contribution in [1.29, 1.82) is 0 Å². The van der Waals surface area contributed by atoms with E-state index in [0.29, 0.717) is 0 Å². The fourth-order valence-corrected chi connectivity index (χ4v) is 2.64. The quantitative estimate of drug-likeness (QED) is 0.410. The molecule has 110 valence electrons. The average Bonchev–Trinajstić information content (AvgIpc) is 2.38. The van der Waals surface area contributed by atoms with Crippen molar-refractivity contribution in [2.45, 2.75) is 110 Å². The van der Waals surface area contributed by atoms with E-state index in [9.17, 15) is 5.11 Å². The molecule has 0 atom stereocenters. The van der Waals surface area contributed by atoms with Gasteiger partial charge >= 0.3 is 0 Å². The van der Waals surface area contributed by atoms with Crippen LogP contribution in [0.5, 0.6) is 0 Å². The Labute approximate surface area is 115 Å². The molecule has 0 aliphatic carbocycles. The number of aliphatic hydroxyl groups is 1. The zero-order chi connectivity index (χ0) is 13.7. The molecule has 1 N–H and O–H groups in total. The van der Waals surface area contributed by atoms with E-state index >= 15 is 0 Å². The van der Waals surface area contributed by atoms with Crippen molar-refractivity contribution in [3.05, 3.63) is 0 Å². The Kier molecular flexibility index (Phi) is 12.0. The van der Waals surface area contributed by atoms with Crippen LogP contribution in [0.4, 0.5) is 0 Å². The van der Waals surface area contributed by atoms with Gasteiger partial charge in [-0.3, -0.25) is 0 Å². The first-order valence-corrected chi connectivity index (χ1v) is 8.41. The van der Waals surface area contributed by atoms with Crippen molar-refractivity contribution in [2.75, 3.05) is 0 Å². The lowest BCUT2D eigenvalue weighted by molar-refractivity contribution is 0.00751. The van der Waals surface area contributed by atoms with Gasteiger partial charge in [-0.15, -0.1) is 0 Å². The first kappa shape index (κ1) is 18.0. The highest BCUT2D eigenvalue weighted by Crippen LogP contribution is 2.28. The molecule has 0 unspecified atom stereocenters. The number of hydrogen-bond donors (Lipinski definition) is 1. The van der Waals surface area contributed by atoms with E-state index in [1.807, 2.05) is 0 Å². The molecule has 0 saturated heterocycles. The lowest BCUT2D eigenvalue weighted by Gasteiger charge is -2.28. The fraction of sp³-hybridized carbons (Fsp3) is 1.00. The molecule has 0 aromatic heterocycles. The number of rotatable bonds is 13. The molecule has 1 nitrogen and oxygen atoms in total. The molecule has 0 amide bonds. The van der Waals surface area contributed by atoms with Gasteiger partial charge in [-0.05, 0) is 19.3 Å². The normalized spacial score (nSPS) is 12.0. The summed E-state index contributed by atoms with van der Waals surface area (Å²) >= 11 is 0. The molecule has 0 aliphatic heterocycles.